The number of carbonyl (C=O) groups excluding carboxylic acids is 2. The van der Waals surface area contributed by atoms with Gasteiger partial charge in [0.25, 0.3) is 0 Å². The van der Waals surface area contributed by atoms with Crippen LogP contribution in [0.15, 0.2) is 91.0 Å². The number of hydrogen-bond acceptors (Lipinski definition) is 4. The lowest BCUT2D eigenvalue weighted by atomic mass is 9.84. The van der Waals surface area contributed by atoms with E-state index in [4.69, 9.17) is 9.47 Å². The predicted molar refractivity (Wildman–Crippen MR) is 166 cm³/mol. The Labute approximate surface area is 255 Å². The zero-order valence-electron chi connectivity index (χ0n) is 24.7. The number of benzene rings is 4. The molecule has 1 fully saturated rings. The molecule has 1 heterocycles. The van der Waals surface area contributed by atoms with Crippen molar-refractivity contribution in [2.45, 2.75) is 31.2 Å². The molecule has 1 saturated heterocycles. The van der Waals surface area contributed by atoms with Gasteiger partial charge in [-0.2, -0.15) is 0 Å². The van der Waals surface area contributed by atoms with Gasteiger partial charge < -0.3 is 25.0 Å². The molecule has 7 nitrogen and oxygen atoms in total. The van der Waals surface area contributed by atoms with Crippen LogP contribution in [-0.4, -0.2) is 50.2 Å². The molecule has 0 radical (unpaired) electrons. The standard InChI is InChI=1S/C35H35F2N3O4/c1-43-30-7-3-5-23(17-30)9-14-34(41)40-16-15-32(25-12-10-24(11-13-25)26-18-27(36)20-28(37)19-26)33(22-40)39-35(42)38-29-6-4-8-31(21-29)44-2/h3-8,10-13,17-21,32-33H,9,14-16,22H2,1-2H3,(H2,38,39,42)/t32-,33+/m1/s1. The van der Waals surface area contributed by atoms with Crippen molar-refractivity contribution in [1.82, 2.24) is 10.2 Å². The van der Waals surface area contributed by atoms with Crippen molar-refractivity contribution >= 4 is 17.6 Å². The van der Waals surface area contributed by atoms with Gasteiger partial charge >= 0.3 is 6.03 Å². The summed E-state index contributed by atoms with van der Waals surface area (Å²) in [6, 6.07) is 24.9. The minimum Gasteiger partial charge on any atom is -0.497 e. The third kappa shape index (κ3) is 7.72. The molecular weight excluding hydrogens is 564 g/mol. The van der Waals surface area contributed by atoms with Gasteiger partial charge in [0.2, 0.25) is 5.91 Å². The van der Waals surface area contributed by atoms with Crippen LogP contribution in [0.25, 0.3) is 11.1 Å². The van der Waals surface area contributed by atoms with E-state index in [0.29, 0.717) is 54.9 Å². The Morgan fingerprint density at radius 2 is 1.52 bits per heavy atom. The molecule has 9 heteroatoms. The number of urea groups is 1. The molecule has 2 N–H and O–H groups in total. The van der Waals surface area contributed by atoms with Gasteiger partial charge in [-0.05, 0) is 71.5 Å². The lowest BCUT2D eigenvalue weighted by Gasteiger charge is -2.39. The summed E-state index contributed by atoms with van der Waals surface area (Å²) >= 11 is 0. The van der Waals surface area contributed by atoms with E-state index in [1.807, 2.05) is 48.5 Å². The van der Waals surface area contributed by atoms with Crippen molar-refractivity contribution in [3.05, 3.63) is 114 Å². The molecule has 2 atom stereocenters. The number of nitrogens with zero attached hydrogens (tertiary/aromatic N) is 1. The van der Waals surface area contributed by atoms with Crippen LogP contribution in [0.2, 0.25) is 0 Å². The monoisotopic (exact) mass is 599 g/mol. The van der Waals surface area contributed by atoms with Gasteiger partial charge in [-0.3, -0.25) is 4.79 Å². The third-order valence-corrected chi connectivity index (χ3v) is 7.91. The maximum atomic E-state index is 13.8. The highest BCUT2D eigenvalue weighted by molar-refractivity contribution is 5.90. The zero-order chi connectivity index (χ0) is 31.1. The minimum absolute atomic E-state index is 0.00903. The van der Waals surface area contributed by atoms with Crippen molar-refractivity contribution in [1.29, 1.82) is 0 Å². The summed E-state index contributed by atoms with van der Waals surface area (Å²) in [6.45, 7) is 0.873. The van der Waals surface area contributed by atoms with Gasteiger partial charge in [0.1, 0.15) is 23.1 Å². The molecule has 228 valence electrons. The maximum Gasteiger partial charge on any atom is 0.319 e. The average Bonchev–Trinajstić information content (AvgIpc) is 3.03. The van der Waals surface area contributed by atoms with Gasteiger partial charge in [0.15, 0.2) is 0 Å². The molecule has 5 rings (SSSR count). The summed E-state index contributed by atoms with van der Waals surface area (Å²) in [5.74, 6) is -0.000696. The van der Waals surface area contributed by atoms with Crippen LogP contribution in [-0.2, 0) is 11.2 Å². The van der Waals surface area contributed by atoms with Crippen molar-refractivity contribution in [2.24, 2.45) is 0 Å². The molecular formula is C35H35F2N3O4. The normalized spacial score (nSPS) is 16.2. The first-order valence-corrected chi connectivity index (χ1v) is 14.5. The number of likely N-dealkylation sites (tertiary alicyclic amines) is 1. The van der Waals surface area contributed by atoms with Crippen LogP contribution in [0, 0.1) is 11.6 Å². The minimum atomic E-state index is -0.640. The van der Waals surface area contributed by atoms with Gasteiger partial charge in [0.05, 0.1) is 20.3 Å². The summed E-state index contributed by atoms with van der Waals surface area (Å²) in [5, 5.41) is 5.95. The Balaban J connectivity index is 1.32. The Bertz CT molecular complexity index is 1590. The molecule has 0 aliphatic carbocycles. The van der Waals surface area contributed by atoms with Crippen LogP contribution in [0.1, 0.15) is 29.9 Å². The second kappa shape index (κ2) is 14.0. The van der Waals surface area contributed by atoms with Crippen molar-refractivity contribution in [3.63, 3.8) is 0 Å². The molecule has 0 saturated carbocycles. The number of anilines is 1. The number of piperidine rings is 1. The van der Waals surface area contributed by atoms with Crippen LogP contribution < -0.4 is 20.1 Å². The first kappa shape index (κ1) is 30.5. The fourth-order valence-electron chi connectivity index (χ4n) is 5.64. The van der Waals surface area contributed by atoms with Crippen molar-refractivity contribution in [3.8, 4) is 22.6 Å². The Morgan fingerprint density at radius 3 is 2.23 bits per heavy atom. The first-order valence-electron chi connectivity index (χ1n) is 14.5. The van der Waals surface area contributed by atoms with Crippen LogP contribution in [0.4, 0.5) is 19.3 Å². The molecule has 0 spiro atoms. The lowest BCUT2D eigenvalue weighted by Crippen LogP contribution is -2.54. The Hall–Kier alpha value is -4.92. The first-order chi connectivity index (χ1) is 21.3. The molecule has 1 aliphatic heterocycles. The molecule has 0 unspecified atom stereocenters. The van der Waals surface area contributed by atoms with Crippen molar-refractivity contribution in [2.75, 3.05) is 32.6 Å². The van der Waals surface area contributed by atoms with E-state index < -0.39 is 17.7 Å². The summed E-state index contributed by atoms with van der Waals surface area (Å²) in [6.07, 6.45) is 1.54. The number of amides is 3. The van der Waals surface area contributed by atoms with Gasteiger partial charge in [0, 0.05) is 43.2 Å². The highest BCUT2D eigenvalue weighted by Crippen LogP contribution is 2.31. The highest BCUT2D eigenvalue weighted by atomic mass is 19.1. The zero-order valence-corrected chi connectivity index (χ0v) is 24.7. The molecule has 4 aromatic carbocycles. The lowest BCUT2D eigenvalue weighted by molar-refractivity contribution is -0.132. The number of nitrogens with one attached hydrogen (secondary N) is 2. The third-order valence-electron chi connectivity index (χ3n) is 7.91. The molecule has 44 heavy (non-hydrogen) atoms. The fourth-order valence-corrected chi connectivity index (χ4v) is 5.64. The molecule has 3 amide bonds. The number of halogens is 2. The Kier molecular flexibility index (Phi) is 9.74. The van der Waals surface area contributed by atoms with Gasteiger partial charge in [-0.15, -0.1) is 0 Å². The average molecular weight is 600 g/mol. The largest absolute Gasteiger partial charge is 0.497 e. The number of ether oxygens (including phenoxy) is 2. The molecule has 1 aliphatic rings. The number of carbonyl (C=O) groups is 2. The maximum absolute atomic E-state index is 13.8. The quantitative estimate of drug-likeness (QED) is 0.222. The smallest absolute Gasteiger partial charge is 0.319 e. The second-order valence-corrected chi connectivity index (χ2v) is 10.8. The van der Waals surface area contributed by atoms with E-state index in [0.717, 1.165) is 22.9 Å². The number of rotatable bonds is 9. The molecule has 4 aromatic rings. The number of methoxy groups -OCH3 is 2. The summed E-state index contributed by atoms with van der Waals surface area (Å²) in [7, 11) is 3.17. The van der Waals surface area contributed by atoms with E-state index in [-0.39, 0.29) is 17.9 Å². The van der Waals surface area contributed by atoms with Crippen LogP contribution in [0.5, 0.6) is 11.5 Å². The van der Waals surface area contributed by atoms with E-state index in [9.17, 15) is 18.4 Å². The van der Waals surface area contributed by atoms with E-state index in [2.05, 4.69) is 10.6 Å². The summed E-state index contributed by atoms with van der Waals surface area (Å²) in [4.78, 5) is 28.3. The van der Waals surface area contributed by atoms with E-state index in [1.165, 1.54) is 12.1 Å². The highest BCUT2D eigenvalue weighted by Gasteiger charge is 2.33. The van der Waals surface area contributed by atoms with E-state index >= 15 is 0 Å². The Morgan fingerprint density at radius 1 is 0.841 bits per heavy atom. The predicted octanol–water partition coefficient (Wildman–Crippen LogP) is 6.79. The molecule has 0 bridgehead atoms. The fraction of sp³-hybridized carbons (Fsp3) is 0.257. The second-order valence-electron chi connectivity index (χ2n) is 10.8. The number of hydrogen-bond donors (Lipinski definition) is 2. The SMILES string of the molecule is COc1cccc(CCC(=O)N2CC[C@H](c3ccc(-c4cc(F)cc(F)c4)cc3)[C@@H](NC(=O)Nc3cccc(OC)c3)C2)c1. The van der Waals surface area contributed by atoms with Gasteiger partial charge in [-0.25, -0.2) is 13.6 Å². The van der Waals surface area contributed by atoms with E-state index in [1.54, 1.807) is 43.4 Å². The number of aryl methyl sites for hydroxylation is 1. The molecule has 0 aromatic heterocycles. The summed E-state index contributed by atoms with van der Waals surface area (Å²) in [5.41, 5.74) is 3.67. The van der Waals surface area contributed by atoms with Crippen LogP contribution >= 0.6 is 0 Å². The van der Waals surface area contributed by atoms with Crippen molar-refractivity contribution < 1.29 is 27.8 Å². The van der Waals surface area contributed by atoms with Gasteiger partial charge in [-0.1, -0.05) is 42.5 Å². The summed E-state index contributed by atoms with van der Waals surface area (Å²) < 4.78 is 38.2. The topological polar surface area (TPSA) is 79.9 Å². The van der Waals surface area contributed by atoms with Crippen LogP contribution in [0.3, 0.4) is 0 Å².